The van der Waals surface area contributed by atoms with Crippen molar-refractivity contribution in [2.24, 2.45) is 0 Å². The number of hydrogen-bond donors (Lipinski definition) is 0. The van der Waals surface area contributed by atoms with Crippen LogP contribution in [0.4, 0.5) is 17.6 Å². The predicted octanol–water partition coefficient (Wildman–Crippen LogP) is 4.35. The lowest BCUT2D eigenvalue weighted by Gasteiger charge is -2.24. The first-order valence-corrected chi connectivity index (χ1v) is 7.73. The van der Waals surface area contributed by atoms with E-state index in [2.05, 4.69) is 4.84 Å². The van der Waals surface area contributed by atoms with Gasteiger partial charge in [-0.2, -0.15) is 13.2 Å². The average molecular weight is 366 g/mol. The molecule has 1 atom stereocenters. The molecule has 0 aromatic heterocycles. The Hall–Kier alpha value is -1.97. The Balaban J connectivity index is 2.22. The van der Waals surface area contributed by atoms with E-state index in [1.807, 2.05) is 0 Å². The molecule has 0 amide bonds. The van der Waals surface area contributed by atoms with Crippen LogP contribution in [0.5, 0.6) is 0 Å². The first-order valence-electron chi connectivity index (χ1n) is 6.85. The van der Waals surface area contributed by atoms with E-state index >= 15 is 0 Å². The van der Waals surface area contributed by atoms with Crippen LogP contribution in [0, 0.1) is 15.9 Å². The molecule has 0 radical (unpaired) electrons. The Morgan fingerprint density at radius 1 is 1.42 bits per heavy atom. The first kappa shape index (κ1) is 18.4. The van der Waals surface area contributed by atoms with Gasteiger partial charge in [0.1, 0.15) is 17.8 Å². The molecule has 0 N–H and O–H groups in total. The number of alkyl halides is 3. The fourth-order valence-electron chi connectivity index (χ4n) is 2.36. The lowest BCUT2D eigenvalue weighted by Crippen LogP contribution is -2.19. The highest BCUT2D eigenvalue weighted by atomic mass is 32.2. The molecule has 1 heterocycles. The summed E-state index contributed by atoms with van der Waals surface area (Å²) in [6.45, 7) is 1.55. The third-order valence-electron chi connectivity index (χ3n) is 3.66. The maximum Gasteiger partial charge on any atom is 0.419 e. The molecule has 1 aliphatic rings. The van der Waals surface area contributed by atoms with Gasteiger partial charge in [-0.1, -0.05) is 23.9 Å². The lowest BCUT2D eigenvalue weighted by molar-refractivity contribution is -0.757. The molecule has 24 heavy (non-hydrogen) atoms. The molecular weight excluding hydrogens is 352 g/mol. The Labute approximate surface area is 139 Å². The summed E-state index contributed by atoms with van der Waals surface area (Å²) in [6, 6.07) is 3.17. The van der Waals surface area contributed by atoms with Crippen LogP contribution in [0.15, 0.2) is 28.8 Å². The Morgan fingerprint density at radius 2 is 2.08 bits per heavy atom. The van der Waals surface area contributed by atoms with Crippen molar-refractivity contribution >= 4 is 11.8 Å². The molecule has 5 nitrogen and oxygen atoms in total. The Kier molecular flexibility index (Phi) is 5.26. The fraction of sp³-hybridized carbons (Fsp3) is 0.429. The number of thioether (sulfide) groups is 1. The third-order valence-corrected chi connectivity index (χ3v) is 5.24. The van der Waals surface area contributed by atoms with Crippen molar-refractivity contribution in [3.8, 4) is 0 Å². The van der Waals surface area contributed by atoms with E-state index < -0.39 is 28.0 Å². The summed E-state index contributed by atoms with van der Waals surface area (Å²) >= 11 is 1.16. The molecule has 132 valence electrons. The van der Waals surface area contributed by atoms with Crippen LogP contribution < -0.4 is 0 Å². The fourth-order valence-corrected chi connectivity index (χ4v) is 3.77. The third kappa shape index (κ3) is 3.74. The van der Waals surface area contributed by atoms with Gasteiger partial charge < -0.3 is 9.74 Å². The van der Waals surface area contributed by atoms with Crippen LogP contribution in [0.2, 0.25) is 0 Å². The van der Waals surface area contributed by atoms with E-state index in [1.165, 1.54) is 12.1 Å². The average Bonchev–Trinajstić information content (AvgIpc) is 2.74. The highest BCUT2D eigenvalue weighted by molar-refractivity contribution is 8.03. The van der Waals surface area contributed by atoms with Crippen LogP contribution in [0.1, 0.15) is 29.8 Å². The van der Waals surface area contributed by atoms with Gasteiger partial charge in [-0.3, -0.25) is 0 Å². The zero-order valence-corrected chi connectivity index (χ0v) is 13.6. The topological polar surface area (TPSA) is 55.6 Å². The molecule has 1 aliphatic heterocycles. The summed E-state index contributed by atoms with van der Waals surface area (Å²) in [7, 11) is 1.63. The van der Waals surface area contributed by atoms with Crippen LogP contribution in [-0.4, -0.2) is 23.6 Å². The van der Waals surface area contributed by atoms with Gasteiger partial charge >= 0.3 is 6.18 Å². The Bertz CT molecular complexity index is 678. The second-order valence-corrected chi connectivity index (χ2v) is 6.28. The standard InChI is InChI=1S/C14H14F4N2O3S/c1-8-11(6-7-23-20(21)22)24-13(19(8)2)9-4-3-5-10(12(9)15)14(16,17)18/h3-5,13H,6-7H2,1-2H3. The van der Waals surface area contributed by atoms with Crippen molar-refractivity contribution in [1.29, 1.82) is 0 Å². The summed E-state index contributed by atoms with van der Waals surface area (Å²) in [5.41, 5.74) is -0.674. The quantitative estimate of drug-likeness (QED) is 0.440. The maximum atomic E-state index is 14.3. The summed E-state index contributed by atoms with van der Waals surface area (Å²) < 4.78 is 52.9. The summed E-state index contributed by atoms with van der Waals surface area (Å²) in [4.78, 5) is 16.8. The molecule has 0 saturated carbocycles. The first-order chi connectivity index (χ1) is 11.1. The van der Waals surface area contributed by atoms with E-state index in [-0.39, 0.29) is 18.6 Å². The summed E-state index contributed by atoms with van der Waals surface area (Å²) in [6.07, 6.45) is -4.55. The van der Waals surface area contributed by atoms with Gasteiger partial charge in [0.2, 0.25) is 0 Å². The normalized spacial score (nSPS) is 18.2. The lowest BCUT2D eigenvalue weighted by atomic mass is 10.1. The maximum absolute atomic E-state index is 14.3. The van der Waals surface area contributed by atoms with Gasteiger partial charge in [0.05, 0.1) is 5.56 Å². The van der Waals surface area contributed by atoms with Crippen molar-refractivity contribution in [1.82, 2.24) is 4.90 Å². The van der Waals surface area contributed by atoms with E-state index in [4.69, 9.17) is 0 Å². The van der Waals surface area contributed by atoms with Crippen molar-refractivity contribution in [2.45, 2.75) is 24.9 Å². The number of hydrogen-bond acceptors (Lipinski definition) is 5. The predicted molar refractivity (Wildman–Crippen MR) is 79.8 cm³/mol. The van der Waals surface area contributed by atoms with Gasteiger partial charge in [-0.15, -0.1) is 10.1 Å². The molecule has 1 aromatic rings. The minimum Gasteiger partial charge on any atom is -0.361 e. The highest BCUT2D eigenvalue weighted by Gasteiger charge is 2.38. The van der Waals surface area contributed by atoms with Gasteiger partial charge in [-0.25, -0.2) is 4.39 Å². The molecule has 1 aromatic carbocycles. The number of benzene rings is 1. The zero-order valence-electron chi connectivity index (χ0n) is 12.8. The molecule has 0 fully saturated rings. The number of halogens is 4. The highest BCUT2D eigenvalue weighted by Crippen LogP contribution is 2.49. The van der Waals surface area contributed by atoms with E-state index in [0.29, 0.717) is 16.7 Å². The van der Waals surface area contributed by atoms with Gasteiger partial charge in [0.25, 0.3) is 5.09 Å². The minimum absolute atomic E-state index is 0.0816. The van der Waals surface area contributed by atoms with Crippen LogP contribution in [0.25, 0.3) is 0 Å². The molecule has 0 saturated heterocycles. The van der Waals surface area contributed by atoms with Gasteiger partial charge in [-0.05, 0) is 13.0 Å². The van der Waals surface area contributed by atoms with Gasteiger partial charge in [0, 0.05) is 29.6 Å². The van der Waals surface area contributed by atoms with Crippen molar-refractivity contribution in [3.05, 3.63) is 55.9 Å². The second-order valence-electron chi connectivity index (χ2n) is 5.10. The molecule has 0 bridgehead atoms. The van der Waals surface area contributed by atoms with Crippen LogP contribution >= 0.6 is 11.8 Å². The zero-order chi connectivity index (χ0) is 18.1. The molecular formula is C14H14F4N2O3S. The monoisotopic (exact) mass is 366 g/mol. The Morgan fingerprint density at radius 3 is 2.67 bits per heavy atom. The van der Waals surface area contributed by atoms with Crippen LogP contribution in [0.3, 0.4) is 0 Å². The van der Waals surface area contributed by atoms with E-state index in [1.54, 1.807) is 18.9 Å². The molecule has 1 unspecified atom stereocenters. The SMILES string of the molecule is CC1=C(CCO[N+](=O)[O-])SC(c2cccc(C(F)(F)F)c2F)N1C. The van der Waals surface area contributed by atoms with Crippen molar-refractivity contribution < 1.29 is 27.5 Å². The molecule has 10 heteroatoms. The number of nitrogens with zero attached hydrogens (tertiary/aromatic N) is 2. The summed E-state index contributed by atoms with van der Waals surface area (Å²) in [5.74, 6) is -1.30. The van der Waals surface area contributed by atoms with E-state index in [9.17, 15) is 27.7 Å². The van der Waals surface area contributed by atoms with Crippen LogP contribution in [-0.2, 0) is 11.0 Å². The molecule has 2 rings (SSSR count). The largest absolute Gasteiger partial charge is 0.419 e. The number of rotatable bonds is 5. The minimum atomic E-state index is -4.77. The van der Waals surface area contributed by atoms with Gasteiger partial charge in [0.15, 0.2) is 0 Å². The molecule has 0 aliphatic carbocycles. The smallest absolute Gasteiger partial charge is 0.361 e. The number of allylic oxidation sites excluding steroid dienone is 1. The molecule has 0 spiro atoms. The second kappa shape index (κ2) is 6.88. The summed E-state index contributed by atoms with van der Waals surface area (Å²) in [5, 5.41) is 8.59. The van der Waals surface area contributed by atoms with Crippen molar-refractivity contribution in [3.63, 3.8) is 0 Å². The van der Waals surface area contributed by atoms with E-state index in [0.717, 1.165) is 11.8 Å². The van der Waals surface area contributed by atoms with Crippen molar-refractivity contribution in [2.75, 3.05) is 13.7 Å².